The number of aliphatic hydroxyl groups is 1. The maximum Gasteiger partial charge on any atom is 0.0499 e. The molecule has 3 nitrogen and oxygen atoms in total. The summed E-state index contributed by atoms with van der Waals surface area (Å²) in [6, 6.07) is 0. The number of rotatable bonds is 7. The summed E-state index contributed by atoms with van der Waals surface area (Å²) in [5, 5.41) is 9.65. The van der Waals surface area contributed by atoms with Crippen molar-refractivity contribution in [3.05, 3.63) is 0 Å². The molecule has 2 fully saturated rings. The molecule has 0 unspecified atom stereocenters. The van der Waals surface area contributed by atoms with Gasteiger partial charge in [-0.1, -0.05) is 13.8 Å². The predicted molar refractivity (Wildman–Crippen MR) is 75.7 cm³/mol. The van der Waals surface area contributed by atoms with Crippen molar-refractivity contribution < 1.29 is 5.11 Å². The van der Waals surface area contributed by atoms with E-state index in [1.54, 1.807) is 0 Å². The second-order valence-electron chi connectivity index (χ2n) is 6.39. The normalized spacial score (nSPS) is 23.5. The number of aliphatic hydroxyl groups excluding tert-OH is 1. The Labute approximate surface area is 112 Å². The van der Waals surface area contributed by atoms with Crippen LogP contribution in [0.4, 0.5) is 0 Å². The molecule has 1 heterocycles. The van der Waals surface area contributed by atoms with Gasteiger partial charge in [0, 0.05) is 51.3 Å². The molecule has 3 heteroatoms. The highest BCUT2D eigenvalue weighted by molar-refractivity contribution is 4.84. The highest BCUT2D eigenvalue weighted by atomic mass is 16.3. The Morgan fingerprint density at radius 3 is 2.00 bits per heavy atom. The summed E-state index contributed by atoms with van der Waals surface area (Å²) in [7, 11) is 0. The van der Waals surface area contributed by atoms with Crippen molar-refractivity contribution in [2.75, 3.05) is 45.9 Å². The Bertz CT molecular complexity index is 233. The lowest BCUT2D eigenvalue weighted by Gasteiger charge is -2.40. The molecule has 0 radical (unpaired) electrons. The topological polar surface area (TPSA) is 26.7 Å². The van der Waals surface area contributed by atoms with Crippen LogP contribution in [0.2, 0.25) is 0 Å². The molecule has 18 heavy (non-hydrogen) atoms. The van der Waals surface area contributed by atoms with Gasteiger partial charge in [0.05, 0.1) is 0 Å². The highest BCUT2D eigenvalue weighted by Crippen LogP contribution is 2.30. The molecule has 0 bridgehead atoms. The van der Waals surface area contributed by atoms with Crippen molar-refractivity contribution >= 4 is 0 Å². The third-order valence-electron chi connectivity index (χ3n) is 5.07. The number of piperazine rings is 1. The van der Waals surface area contributed by atoms with E-state index < -0.39 is 0 Å². The van der Waals surface area contributed by atoms with Crippen molar-refractivity contribution in [2.24, 2.45) is 11.3 Å². The lowest BCUT2D eigenvalue weighted by Crippen LogP contribution is -2.50. The van der Waals surface area contributed by atoms with Crippen LogP contribution in [0.5, 0.6) is 0 Å². The van der Waals surface area contributed by atoms with E-state index in [0.29, 0.717) is 6.61 Å². The minimum atomic E-state index is 0.138. The summed E-state index contributed by atoms with van der Waals surface area (Å²) in [5.41, 5.74) is 0.138. The van der Waals surface area contributed by atoms with Gasteiger partial charge in [-0.3, -0.25) is 0 Å². The molecule has 0 amide bonds. The van der Waals surface area contributed by atoms with Gasteiger partial charge in [-0.05, 0) is 31.6 Å². The van der Waals surface area contributed by atoms with Crippen LogP contribution in [-0.2, 0) is 0 Å². The van der Waals surface area contributed by atoms with Gasteiger partial charge >= 0.3 is 0 Å². The molecule has 1 saturated heterocycles. The lowest BCUT2D eigenvalue weighted by atomic mass is 9.82. The molecular weight excluding hydrogens is 224 g/mol. The third kappa shape index (κ3) is 3.69. The molecule has 0 aromatic heterocycles. The van der Waals surface area contributed by atoms with Crippen LogP contribution < -0.4 is 0 Å². The highest BCUT2D eigenvalue weighted by Gasteiger charge is 2.31. The first-order valence-corrected chi connectivity index (χ1v) is 7.77. The van der Waals surface area contributed by atoms with E-state index >= 15 is 0 Å². The van der Waals surface area contributed by atoms with Crippen LogP contribution in [0, 0.1) is 11.3 Å². The molecule has 1 N–H and O–H groups in total. The largest absolute Gasteiger partial charge is 0.396 e. The van der Waals surface area contributed by atoms with Gasteiger partial charge in [-0.2, -0.15) is 0 Å². The van der Waals surface area contributed by atoms with E-state index in [1.807, 2.05) is 0 Å². The Kier molecular flexibility index (Phi) is 5.05. The lowest BCUT2D eigenvalue weighted by molar-refractivity contribution is 0.0397. The smallest absolute Gasteiger partial charge is 0.0499 e. The van der Waals surface area contributed by atoms with Crippen molar-refractivity contribution in [1.29, 1.82) is 0 Å². The molecule has 0 atom stereocenters. The van der Waals surface area contributed by atoms with Crippen LogP contribution in [0.1, 0.15) is 39.5 Å². The van der Waals surface area contributed by atoms with Crippen LogP contribution in [0.15, 0.2) is 0 Å². The van der Waals surface area contributed by atoms with Gasteiger partial charge in [0.25, 0.3) is 0 Å². The zero-order chi connectivity index (χ0) is 13.0. The summed E-state index contributed by atoms with van der Waals surface area (Å²) < 4.78 is 0. The van der Waals surface area contributed by atoms with Crippen LogP contribution >= 0.6 is 0 Å². The molecule has 1 saturated carbocycles. The van der Waals surface area contributed by atoms with Gasteiger partial charge in [-0.25, -0.2) is 0 Å². The number of nitrogens with zero attached hydrogens (tertiary/aromatic N) is 2. The van der Waals surface area contributed by atoms with Crippen molar-refractivity contribution in [3.8, 4) is 0 Å². The monoisotopic (exact) mass is 254 g/mol. The maximum absolute atomic E-state index is 9.65. The summed E-state index contributed by atoms with van der Waals surface area (Å²) in [6.45, 7) is 12.0. The van der Waals surface area contributed by atoms with Crippen molar-refractivity contribution in [2.45, 2.75) is 39.5 Å². The standard InChI is InChI=1S/C15H30N2O/c1-3-15(4-2,13-18)12-17-9-7-16(8-10-17)11-14-5-6-14/h14,18H,3-13H2,1-2H3. The van der Waals surface area contributed by atoms with Gasteiger partial charge in [0.2, 0.25) is 0 Å². The zero-order valence-electron chi connectivity index (χ0n) is 12.2. The second kappa shape index (κ2) is 6.36. The molecule has 106 valence electrons. The third-order valence-corrected chi connectivity index (χ3v) is 5.07. The van der Waals surface area contributed by atoms with Crippen LogP contribution in [-0.4, -0.2) is 60.8 Å². The Morgan fingerprint density at radius 1 is 1.00 bits per heavy atom. The molecule has 0 aromatic rings. The van der Waals surface area contributed by atoms with Gasteiger partial charge in [0.1, 0.15) is 0 Å². The van der Waals surface area contributed by atoms with E-state index in [9.17, 15) is 5.11 Å². The molecule has 0 spiro atoms. The molecule has 2 aliphatic rings. The first-order chi connectivity index (χ1) is 8.71. The fourth-order valence-electron chi connectivity index (χ4n) is 3.02. The fraction of sp³-hybridized carbons (Fsp3) is 1.00. The summed E-state index contributed by atoms with van der Waals surface area (Å²) in [6.07, 6.45) is 5.09. The Balaban J connectivity index is 1.74. The summed E-state index contributed by atoms with van der Waals surface area (Å²) in [4.78, 5) is 5.19. The van der Waals surface area contributed by atoms with Crippen LogP contribution in [0.3, 0.4) is 0 Å². The minimum absolute atomic E-state index is 0.138. The first-order valence-electron chi connectivity index (χ1n) is 7.77. The van der Waals surface area contributed by atoms with E-state index in [4.69, 9.17) is 0 Å². The number of hydrogen-bond donors (Lipinski definition) is 1. The second-order valence-corrected chi connectivity index (χ2v) is 6.39. The molecule has 0 aromatic carbocycles. The van der Waals surface area contributed by atoms with Gasteiger partial charge < -0.3 is 14.9 Å². The van der Waals surface area contributed by atoms with E-state index in [0.717, 1.165) is 25.3 Å². The molecule has 1 aliphatic heterocycles. The SMILES string of the molecule is CCC(CC)(CO)CN1CCN(CC2CC2)CC1. The molecule has 1 aliphatic carbocycles. The fourth-order valence-corrected chi connectivity index (χ4v) is 3.02. The molecular formula is C15H30N2O. The maximum atomic E-state index is 9.65. The quantitative estimate of drug-likeness (QED) is 0.750. The first kappa shape index (κ1) is 14.3. The van der Waals surface area contributed by atoms with Crippen molar-refractivity contribution in [3.63, 3.8) is 0 Å². The van der Waals surface area contributed by atoms with E-state index in [2.05, 4.69) is 23.6 Å². The van der Waals surface area contributed by atoms with E-state index in [1.165, 1.54) is 45.6 Å². The summed E-state index contributed by atoms with van der Waals surface area (Å²) >= 11 is 0. The van der Waals surface area contributed by atoms with Crippen molar-refractivity contribution in [1.82, 2.24) is 9.80 Å². The van der Waals surface area contributed by atoms with Gasteiger partial charge in [0.15, 0.2) is 0 Å². The average molecular weight is 254 g/mol. The van der Waals surface area contributed by atoms with Gasteiger partial charge in [-0.15, -0.1) is 0 Å². The Morgan fingerprint density at radius 2 is 1.56 bits per heavy atom. The minimum Gasteiger partial charge on any atom is -0.396 e. The zero-order valence-corrected chi connectivity index (χ0v) is 12.2. The Hall–Kier alpha value is -0.120. The summed E-state index contributed by atoms with van der Waals surface area (Å²) in [5.74, 6) is 1.01. The van der Waals surface area contributed by atoms with Crippen LogP contribution in [0.25, 0.3) is 0 Å². The predicted octanol–water partition coefficient (Wildman–Crippen LogP) is 1.81. The average Bonchev–Trinajstić information content (AvgIpc) is 3.22. The molecule has 2 rings (SSSR count). The van der Waals surface area contributed by atoms with E-state index in [-0.39, 0.29) is 5.41 Å². The number of hydrogen-bond acceptors (Lipinski definition) is 3.